The number of amides is 2. The van der Waals surface area contributed by atoms with Gasteiger partial charge in [-0.2, -0.15) is 0 Å². The molecular weight excluding hydrogens is 254 g/mol. The minimum absolute atomic E-state index is 0.119. The maximum Gasteiger partial charge on any atom is 0.230 e. The topological polar surface area (TPSA) is 110 Å². The lowest BCUT2D eigenvalue weighted by Crippen LogP contribution is -2.34. The van der Waals surface area contributed by atoms with Crippen LogP contribution in [0.2, 0.25) is 0 Å². The first-order chi connectivity index (χ1) is 8.59. The lowest BCUT2D eigenvalue weighted by molar-refractivity contribution is -0.120. The number of nitrogens with one attached hydrogen (secondary N) is 2. The Labute approximate surface area is 109 Å². The molecule has 0 aromatic carbocycles. The molecule has 2 amide bonds. The number of carbonyl (C=O) groups is 2. The van der Waals surface area contributed by atoms with Gasteiger partial charge >= 0.3 is 0 Å². The lowest BCUT2D eigenvalue weighted by Gasteiger charge is -2.05. The molecule has 1 heterocycles. The smallest absolute Gasteiger partial charge is 0.230 e. The normalized spacial score (nSPS) is 9.83. The maximum atomic E-state index is 11.4. The summed E-state index contributed by atoms with van der Waals surface area (Å²) >= 11 is 1.22. The number of hydrogen-bond acceptors (Lipinski definition) is 6. The quantitative estimate of drug-likeness (QED) is 0.470. The summed E-state index contributed by atoms with van der Waals surface area (Å²) in [4.78, 5) is 29.9. The fourth-order valence-corrected chi connectivity index (χ4v) is 1.78. The maximum absolute atomic E-state index is 11.4. The summed E-state index contributed by atoms with van der Waals surface area (Å²) in [5.41, 5.74) is 5.59. The van der Waals surface area contributed by atoms with Gasteiger partial charge in [0, 0.05) is 32.4 Å². The largest absolute Gasteiger partial charge is 0.381 e. The van der Waals surface area contributed by atoms with Crippen LogP contribution in [0, 0.1) is 0 Å². The van der Waals surface area contributed by atoms with Gasteiger partial charge in [-0.1, -0.05) is 11.8 Å². The first-order valence-corrected chi connectivity index (χ1v) is 6.28. The third-order valence-electron chi connectivity index (χ3n) is 1.85. The van der Waals surface area contributed by atoms with Crippen molar-refractivity contribution in [2.75, 3.05) is 24.6 Å². The molecule has 98 valence electrons. The molecule has 0 fully saturated rings. The zero-order valence-corrected chi connectivity index (χ0v) is 10.8. The van der Waals surface area contributed by atoms with Crippen LogP contribution in [0.5, 0.6) is 0 Å². The Kier molecular flexibility index (Phi) is 5.92. The Balaban J connectivity index is 2.21. The van der Waals surface area contributed by atoms with Crippen molar-refractivity contribution in [3.05, 3.63) is 12.4 Å². The summed E-state index contributed by atoms with van der Waals surface area (Å²) < 4.78 is 0. The first-order valence-electron chi connectivity index (χ1n) is 5.30. The average molecular weight is 269 g/mol. The molecule has 1 rings (SSSR count). The summed E-state index contributed by atoms with van der Waals surface area (Å²) in [5, 5.41) is 5.78. The van der Waals surface area contributed by atoms with Crippen LogP contribution in [0.3, 0.4) is 0 Å². The Morgan fingerprint density at radius 3 is 2.61 bits per heavy atom. The minimum atomic E-state index is -0.143. The Hall–Kier alpha value is -1.83. The van der Waals surface area contributed by atoms with E-state index in [1.807, 2.05) is 0 Å². The molecule has 0 atom stereocenters. The summed E-state index contributed by atoms with van der Waals surface area (Å²) in [5.74, 6) is 0.262. The molecule has 7 nitrogen and oxygen atoms in total. The zero-order valence-electron chi connectivity index (χ0n) is 9.97. The van der Waals surface area contributed by atoms with E-state index in [-0.39, 0.29) is 17.6 Å². The van der Waals surface area contributed by atoms with E-state index in [1.54, 1.807) is 0 Å². The van der Waals surface area contributed by atoms with Gasteiger partial charge in [0.05, 0.1) is 5.75 Å². The molecule has 1 aromatic rings. The van der Waals surface area contributed by atoms with Crippen LogP contribution in [-0.2, 0) is 9.59 Å². The van der Waals surface area contributed by atoms with Gasteiger partial charge in [-0.3, -0.25) is 9.59 Å². The molecule has 8 heteroatoms. The van der Waals surface area contributed by atoms with Crippen LogP contribution >= 0.6 is 11.8 Å². The summed E-state index contributed by atoms with van der Waals surface area (Å²) in [7, 11) is 0. The molecule has 0 aliphatic heterocycles. The number of nitrogens with zero attached hydrogens (tertiary/aromatic N) is 2. The number of carbonyl (C=O) groups excluding carboxylic acids is 2. The van der Waals surface area contributed by atoms with E-state index in [1.165, 1.54) is 31.1 Å². The standard InChI is InChI=1S/C10H15N5O2S/c1-7(16)12-2-3-13-8(17)6-18-10-9(11)14-4-5-15-10/h4-5H,2-3,6H2,1H3,(H2,11,14)(H,12,16)(H,13,17). The monoisotopic (exact) mass is 269 g/mol. The molecular formula is C10H15N5O2S. The van der Waals surface area contributed by atoms with Crippen molar-refractivity contribution in [1.29, 1.82) is 0 Å². The van der Waals surface area contributed by atoms with Gasteiger partial charge in [0.25, 0.3) is 0 Å². The highest BCUT2D eigenvalue weighted by Crippen LogP contribution is 2.18. The Bertz CT molecular complexity index is 426. The van der Waals surface area contributed by atoms with Gasteiger partial charge in [-0.15, -0.1) is 0 Å². The predicted octanol–water partition coefficient (Wildman–Crippen LogP) is -0.597. The van der Waals surface area contributed by atoms with Crippen molar-refractivity contribution in [2.24, 2.45) is 0 Å². The van der Waals surface area contributed by atoms with Crippen LogP contribution in [0.4, 0.5) is 5.82 Å². The van der Waals surface area contributed by atoms with Crippen molar-refractivity contribution in [3.63, 3.8) is 0 Å². The lowest BCUT2D eigenvalue weighted by atomic mass is 10.5. The molecule has 4 N–H and O–H groups in total. The number of thioether (sulfide) groups is 1. The van der Waals surface area contributed by atoms with Crippen molar-refractivity contribution in [1.82, 2.24) is 20.6 Å². The van der Waals surface area contributed by atoms with Gasteiger partial charge in [0.2, 0.25) is 11.8 Å². The third-order valence-corrected chi connectivity index (χ3v) is 2.85. The Morgan fingerprint density at radius 2 is 1.94 bits per heavy atom. The van der Waals surface area contributed by atoms with Gasteiger partial charge in [0.1, 0.15) is 5.03 Å². The summed E-state index contributed by atoms with van der Waals surface area (Å²) in [6.45, 7) is 2.24. The third kappa shape index (κ3) is 5.48. The highest BCUT2D eigenvalue weighted by molar-refractivity contribution is 8.00. The summed E-state index contributed by atoms with van der Waals surface area (Å²) in [6, 6.07) is 0. The van der Waals surface area contributed by atoms with E-state index in [0.717, 1.165) is 0 Å². The molecule has 0 aliphatic carbocycles. The predicted molar refractivity (Wildman–Crippen MR) is 68.9 cm³/mol. The van der Waals surface area contributed by atoms with Crippen LogP contribution in [0.1, 0.15) is 6.92 Å². The molecule has 1 aromatic heterocycles. The van der Waals surface area contributed by atoms with Gasteiger partial charge < -0.3 is 16.4 Å². The van der Waals surface area contributed by atoms with Crippen LogP contribution in [0.25, 0.3) is 0 Å². The molecule has 0 bridgehead atoms. The van der Waals surface area contributed by atoms with E-state index in [0.29, 0.717) is 23.9 Å². The van der Waals surface area contributed by atoms with E-state index in [4.69, 9.17) is 5.73 Å². The van der Waals surface area contributed by atoms with E-state index in [9.17, 15) is 9.59 Å². The van der Waals surface area contributed by atoms with Gasteiger partial charge in [0.15, 0.2) is 5.82 Å². The van der Waals surface area contributed by atoms with Crippen molar-refractivity contribution < 1.29 is 9.59 Å². The van der Waals surface area contributed by atoms with Crippen molar-refractivity contribution >= 4 is 29.4 Å². The van der Waals surface area contributed by atoms with Gasteiger partial charge in [-0.05, 0) is 0 Å². The van der Waals surface area contributed by atoms with E-state index >= 15 is 0 Å². The number of aromatic nitrogens is 2. The fourth-order valence-electron chi connectivity index (χ4n) is 1.07. The second-order valence-electron chi connectivity index (χ2n) is 3.37. The molecule has 0 radical (unpaired) electrons. The Morgan fingerprint density at radius 1 is 1.28 bits per heavy atom. The van der Waals surface area contributed by atoms with E-state index in [2.05, 4.69) is 20.6 Å². The minimum Gasteiger partial charge on any atom is -0.381 e. The zero-order chi connectivity index (χ0) is 13.4. The van der Waals surface area contributed by atoms with Crippen molar-refractivity contribution in [3.8, 4) is 0 Å². The molecule has 0 aliphatic rings. The molecule has 18 heavy (non-hydrogen) atoms. The number of hydrogen-bond donors (Lipinski definition) is 3. The first kappa shape index (κ1) is 14.2. The number of rotatable bonds is 6. The van der Waals surface area contributed by atoms with E-state index < -0.39 is 0 Å². The number of nitrogens with two attached hydrogens (primary N) is 1. The second kappa shape index (κ2) is 7.49. The average Bonchev–Trinajstić information content (AvgIpc) is 2.33. The highest BCUT2D eigenvalue weighted by atomic mass is 32.2. The molecule has 0 unspecified atom stereocenters. The summed E-state index contributed by atoms with van der Waals surface area (Å²) in [6.07, 6.45) is 3.01. The molecule has 0 spiro atoms. The molecule has 0 saturated heterocycles. The second-order valence-corrected chi connectivity index (χ2v) is 4.33. The van der Waals surface area contributed by atoms with Crippen molar-refractivity contribution in [2.45, 2.75) is 11.9 Å². The van der Waals surface area contributed by atoms with Gasteiger partial charge in [-0.25, -0.2) is 9.97 Å². The van der Waals surface area contributed by atoms with Crippen LogP contribution in [0.15, 0.2) is 17.4 Å². The molecule has 0 saturated carbocycles. The van der Waals surface area contributed by atoms with Crippen LogP contribution < -0.4 is 16.4 Å². The number of anilines is 1. The fraction of sp³-hybridized carbons (Fsp3) is 0.400. The SMILES string of the molecule is CC(=O)NCCNC(=O)CSc1nccnc1N. The van der Waals surface area contributed by atoms with Crippen LogP contribution in [-0.4, -0.2) is 40.6 Å². The number of nitrogen functional groups attached to an aromatic ring is 1. The highest BCUT2D eigenvalue weighted by Gasteiger charge is 2.06.